The molecule has 0 atom stereocenters. The predicted octanol–water partition coefficient (Wildman–Crippen LogP) is 4.51. The number of nitriles is 1. The Morgan fingerprint density at radius 3 is 2.69 bits per heavy atom. The zero-order valence-corrected chi connectivity index (χ0v) is 13.5. The number of fused-ring (bicyclic) bond motifs is 3. The molecular formula is C16H6F2N6OS. The van der Waals surface area contributed by atoms with E-state index in [1.54, 1.807) is 18.2 Å². The van der Waals surface area contributed by atoms with Gasteiger partial charge in [-0.2, -0.15) is 14.7 Å². The Bertz CT molecular complexity index is 1250. The molecule has 0 aliphatic rings. The third-order valence-corrected chi connectivity index (χ3v) is 4.29. The first-order chi connectivity index (χ1) is 12.6. The van der Waals surface area contributed by atoms with E-state index in [1.807, 2.05) is 6.07 Å². The van der Waals surface area contributed by atoms with Gasteiger partial charge >= 0.3 is 0 Å². The van der Waals surface area contributed by atoms with Crippen molar-refractivity contribution in [1.29, 1.82) is 5.26 Å². The molecule has 4 aromatic rings. The third kappa shape index (κ3) is 2.60. The molecule has 0 spiro atoms. The van der Waals surface area contributed by atoms with Crippen LogP contribution in [0.1, 0.15) is 4.88 Å². The molecule has 0 bridgehead atoms. The summed E-state index contributed by atoms with van der Waals surface area (Å²) >= 11 is 1.02. The molecule has 0 aliphatic carbocycles. The van der Waals surface area contributed by atoms with E-state index in [-0.39, 0.29) is 5.69 Å². The molecule has 0 saturated heterocycles. The molecule has 0 saturated carbocycles. The number of halogens is 2. The van der Waals surface area contributed by atoms with E-state index in [9.17, 15) is 8.78 Å². The van der Waals surface area contributed by atoms with Crippen LogP contribution in [0.5, 0.6) is 5.75 Å². The summed E-state index contributed by atoms with van der Waals surface area (Å²) in [6.45, 7) is 0. The van der Waals surface area contributed by atoms with Gasteiger partial charge in [0.05, 0.1) is 11.2 Å². The van der Waals surface area contributed by atoms with E-state index in [1.165, 1.54) is 0 Å². The molecule has 0 amide bonds. The fraction of sp³-hybridized carbons (Fsp3) is 0. The lowest BCUT2D eigenvalue weighted by Crippen LogP contribution is -1.86. The summed E-state index contributed by atoms with van der Waals surface area (Å²) in [6, 6.07) is 8.21. The lowest BCUT2D eigenvalue weighted by molar-refractivity contribution is 0.427. The van der Waals surface area contributed by atoms with Gasteiger partial charge in [-0.05, 0) is 29.7 Å². The Labute approximate surface area is 148 Å². The van der Waals surface area contributed by atoms with Crippen LogP contribution in [0.3, 0.4) is 0 Å². The fourth-order valence-corrected chi connectivity index (χ4v) is 2.94. The standard InChI is InChI=1S/C16H6F2N6OS/c17-9-5-13(25)10(18)4-12(9)22-20-7-1-2-11-8(3-7)15-16(23-21-11)14(6-19)26-24-15/h1-5,25H. The topological polar surface area (TPSA) is 107 Å². The van der Waals surface area contributed by atoms with Gasteiger partial charge in [0.1, 0.15) is 22.8 Å². The molecule has 0 unspecified atom stereocenters. The summed E-state index contributed by atoms with van der Waals surface area (Å²) in [5, 5.41) is 34.4. The highest BCUT2D eigenvalue weighted by atomic mass is 32.1. The maximum absolute atomic E-state index is 13.7. The van der Waals surface area contributed by atoms with Crippen molar-refractivity contribution in [3.63, 3.8) is 0 Å². The number of phenols is 1. The monoisotopic (exact) mass is 368 g/mol. The van der Waals surface area contributed by atoms with Gasteiger partial charge in [-0.25, -0.2) is 8.78 Å². The number of benzene rings is 2. The first-order valence-corrected chi connectivity index (χ1v) is 7.90. The van der Waals surface area contributed by atoms with Gasteiger partial charge in [-0.3, -0.25) is 0 Å². The number of aromatic nitrogens is 3. The van der Waals surface area contributed by atoms with Crippen LogP contribution in [0.25, 0.3) is 21.9 Å². The van der Waals surface area contributed by atoms with Gasteiger partial charge in [0.25, 0.3) is 0 Å². The van der Waals surface area contributed by atoms with Crippen LogP contribution in [0.2, 0.25) is 0 Å². The number of nitrogens with zero attached hydrogens (tertiary/aromatic N) is 6. The molecule has 26 heavy (non-hydrogen) atoms. The number of rotatable bonds is 2. The quantitative estimate of drug-likeness (QED) is 0.524. The van der Waals surface area contributed by atoms with Crippen LogP contribution in [0, 0.1) is 23.0 Å². The maximum atomic E-state index is 13.7. The lowest BCUT2D eigenvalue weighted by atomic mass is 10.2. The van der Waals surface area contributed by atoms with E-state index < -0.39 is 17.4 Å². The molecule has 10 heteroatoms. The van der Waals surface area contributed by atoms with Crippen LogP contribution >= 0.6 is 11.5 Å². The van der Waals surface area contributed by atoms with Crippen LogP contribution < -0.4 is 0 Å². The van der Waals surface area contributed by atoms with Crippen LogP contribution in [0.15, 0.2) is 40.6 Å². The number of phenolic OH excluding ortho intramolecular Hbond substituents is 1. The van der Waals surface area contributed by atoms with Gasteiger partial charge in [0.2, 0.25) is 0 Å². The smallest absolute Gasteiger partial charge is 0.167 e. The van der Waals surface area contributed by atoms with Crippen molar-refractivity contribution < 1.29 is 13.9 Å². The number of hydrogen-bond donors (Lipinski definition) is 1. The van der Waals surface area contributed by atoms with Crippen molar-refractivity contribution in [2.45, 2.75) is 0 Å². The molecule has 126 valence electrons. The molecule has 7 nitrogen and oxygen atoms in total. The summed E-state index contributed by atoms with van der Waals surface area (Å²) in [6.07, 6.45) is 0. The van der Waals surface area contributed by atoms with E-state index in [0.717, 1.165) is 17.6 Å². The van der Waals surface area contributed by atoms with Crippen molar-refractivity contribution >= 4 is 44.8 Å². The Morgan fingerprint density at radius 1 is 1.04 bits per heavy atom. The Morgan fingerprint density at radius 2 is 1.88 bits per heavy atom. The van der Waals surface area contributed by atoms with E-state index in [2.05, 4.69) is 24.8 Å². The van der Waals surface area contributed by atoms with Crippen molar-refractivity contribution in [1.82, 2.24) is 14.6 Å². The van der Waals surface area contributed by atoms with E-state index >= 15 is 0 Å². The van der Waals surface area contributed by atoms with Gasteiger partial charge < -0.3 is 5.11 Å². The molecular weight excluding hydrogens is 362 g/mol. The summed E-state index contributed by atoms with van der Waals surface area (Å²) < 4.78 is 31.3. The SMILES string of the molecule is N#Cc1snc2c1nnc1ccc(N=Nc3cc(F)c(O)cc3F)cc12. The van der Waals surface area contributed by atoms with Gasteiger partial charge in [-0.1, -0.05) is 0 Å². The first-order valence-electron chi connectivity index (χ1n) is 7.12. The summed E-state index contributed by atoms with van der Waals surface area (Å²) in [5.41, 5.74) is 1.46. The molecule has 1 N–H and O–H groups in total. The van der Waals surface area contributed by atoms with E-state index in [4.69, 9.17) is 10.4 Å². The molecule has 0 aliphatic heterocycles. The van der Waals surface area contributed by atoms with Crippen LogP contribution in [0.4, 0.5) is 20.2 Å². The second-order valence-corrected chi connectivity index (χ2v) is 5.95. The average molecular weight is 368 g/mol. The minimum Gasteiger partial charge on any atom is -0.505 e. The highest BCUT2D eigenvalue weighted by Gasteiger charge is 2.12. The Balaban J connectivity index is 1.80. The number of hydrogen-bond acceptors (Lipinski definition) is 8. The molecule has 4 rings (SSSR count). The molecule has 2 heterocycles. The molecule has 2 aromatic heterocycles. The average Bonchev–Trinajstić information content (AvgIpc) is 3.07. The molecule has 0 radical (unpaired) electrons. The Hall–Kier alpha value is -3.58. The zero-order chi connectivity index (χ0) is 18.3. The van der Waals surface area contributed by atoms with Crippen molar-refractivity contribution in [3.8, 4) is 11.8 Å². The normalized spacial score (nSPS) is 11.4. The highest BCUT2D eigenvalue weighted by Crippen LogP contribution is 2.31. The lowest BCUT2D eigenvalue weighted by Gasteiger charge is -2.00. The minimum atomic E-state index is -0.998. The summed E-state index contributed by atoms with van der Waals surface area (Å²) in [7, 11) is 0. The van der Waals surface area contributed by atoms with Gasteiger partial charge in [0.15, 0.2) is 22.3 Å². The molecule has 0 fully saturated rings. The molecule has 2 aromatic carbocycles. The fourth-order valence-electron chi connectivity index (χ4n) is 2.31. The van der Waals surface area contributed by atoms with Crippen LogP contribution in [-0.2, 0) is 0 Å². The minimum absolute atomic E-state index is 0.348. The van der Waals surface area contributed by atoms with Crippen LogP contribution in [-0.4, -0.2) is 19.7 Å². The van der Waals surface area contributed by atoms with Crippen molar-refractivity contribution in [2.24, 2.45) is 10.2 Å². The summed E-state index contributed by atoms with van der Waals surface area (Å²) in [4.78, 5) is 0.350. The number of azo groups is 1. The largest absolute Gasteiger partial charge is 0.505 e. The zero-order valence-electron chi connectivity index (χ0n) is 12.7. The van der Waals surface area contributed by atoms with E-state index in [0.29, 0.717) is 38.6 Å². The first kappa shape index (κ1) is 15.9. The second-order valence-electron chi connectivity index (χ2n) is 5.18. The third-order valence-electron chi connectivity index (χ3n) is 3.55. The van der Waals surface area contributed by atoms with Crippen molar-refractivity contribution in [3.05, 3.63) is 46.8 Å². The Kier molecular flexibility index (Phi) is 3.70. The summed E-state index contributed by atoms with van der Waals surface area (Å²) in [5.74, 6) is -2.70. The van der Waals surface area contributed by atoms with Gasteiger partial charge in [0, 0.05) is 17.5 Å². The highest BCUT2D eigenvalue weighted by molar-refractivity contribution is 7.07. The predicted molar refractivity (Wildman–Crippen MR) is 89.6 cm³/mol. The number of aromatic hydroxyl groups is 1. The maximum Gasteiger partial charge on any atom is 0.167 e. The second kappa shape index (κ2) is 6.05. The van der Waals surface area contributed by atoms with Crippen molar-refractivity contribution in [2.75, 3.05) is 0 Å². The van der Waals surface area contributed by atoms with Gasteiger partial charge in [-0.15, -0.1) is 15.3 Å².